The van der Waals surface area contributed by atoms with Crippen LogP contribution >= 0.6 is 11.6 Å². The molecule has 0 saturated heterocycles. The molecule has 0 aliphatic carbocycles. The average molecular weight is 286 g/mol. The minimum atomic E-state index is -0.842. The molecule has 0 spiro atoms. The van der Waals surface area contributed by atoms with Gasteiger partial charge in [0.1, 0.15) is 6.54 Å². The Morgan fingerprint density at radius 1 is 1.11 bits per heavy atom. The summed E-state index contributed by atoms with van der Waals surface area (Å²) in [6.07, 6.45) is 3.68. The van der Waals surface area contributed by atoms with E-state index in [0.717, 1.165) is 31.4 Å². The lowest BCUT2D eigenvalue weighted by Crippen LogP contribution is -2.30. The van der Waals surface area contributed by atoms with Gasteiger partial charge in [0, 0.05) is 23.9 Å². The van der Waals surface area contributed by atoms with Crippen molar-refractivity contribution in [2.45, 2.75) is 25.7 Å². The molecule has 1 rings (SSSR count). The molecule has 4 nitrogen and oxygen atoms in total. The van der Waals surface area contributed by atoms with Crippen LogP contribution in [0.4, 0.5) is 5.69 Å². The quantitative estimate of drug-likeness (QED) is 0.685. The molecule has 0 fully saturated rings. The number of benzene rings is 1. The van der Waals surface area contributed by atoms with E-state index in [1.165, 1.54) is 0 Å². The highest BCUT2D eigenvalue weighted by atomic mass is 35.5. The van der Waals surface area contributed by atoms with Gasteiger partial charge in [0.2, 0.25) is 0 Å². The molecule has 0 aromatic heterocycles. The molecule has 2 N–H and O–H groups in total. The number of hydrogen-bond acceptors (Lipinski definition) is 3. The van der Waals surface area contributed by atoms with Crippen molar-refractivity contribution < 1.29 is 15.0 Å². The van der Waals surface area contributed by atoms with Crippen molar-refractivity contribution in [1.82, 2.24) is 0 Å². The number of anilines is 1. The fraction of sp³-hybridized carbons (Fsp3) is 0.500. The zero-order chi connectivity index (χ0) is 14.1. The summed E-state index contributed by atoms with van der Waals surface area (Å²) in [5, 5.41) is 18.3. The maximum absolute atomic E-state index is 10.9. The molecule has 19 heavy (non-hydrogen) atoms. The minimum absolute atomic E-state index is 0.0123. The van der Waals surface area contributed by atoms with Gasteiger partial charge in [-0.05, 0) is 37.1 Å². The van der Waals surface area contributed by atoms with Crippen LogP contribution < -0.4 is 4.90 Å². The van der Waals surface area contributed by atoms with Gasteiger partial charge in [-0.25, -0.2) is 0 Å². The van der Waals surface area contributed by atoms with Gasteiger partial charge in [-0.3, -0.25) is 4.79 Å². The number of halogens is 1. The Morgan fingerprint density at radius 3 is 2.32 bits per heavy atom. The van der Waals surface area contributed by atoms with Gasteiger partial charge >= 0.3 is 5.97 Å². The third-order valence-electron chi connectivity index (χ3n) is 2.85. The summed E-state index contributed by atoms with van der Waals surface area (Å²) in [6.45, 7) is 0.900. The van der Waals surface area contributed by atoms with E-state index in [4.69, 9.17) is 21.8 Å². The highest BCUT2D eigenvalue weighted by Crippen LogP contribution is 2.18. The van der Waals surface area contributed by atoms with Crippen molar-refractivity contribution in [1.29, 1.82) is 0 Å². The first-order valence-electron chi connectivity index (χ1n) is 6.46. The zero-order valence-electron chi connectivity index (χ0n) is 10.9. The third-order valence-corrected chi connectivity index (χ3v) is 3.11. The molecule has 0 unspecified atom stereocenters. The van der Waals surface area contributed by atoms with Crippen LogP contribution in [0.1, 0.15) is 25.7 Å². The minimum Gasteiger partial charge on any atom is -0.480 e. The summed E-state index contributed by atoms with van der Waals surface area (Å²) >= 11 is 5.83. The molecule has 0 radical (unpaired) electrons. The maximum atomic E-state index is 10.9. The predicted octanol–water partition coefficient (Wildman–Crippen LogP) is 2.78. The molecule has 1 aromatic rings. The van der Waals surface area contributed by atoms with Crippen molar-refractivity contribution in [2.24, 2.45) is 0 Å². The Balaban J connectivity index is 2.51. The predicted molar refractivity (Wildman–Crippen MR) is 76.9 cm³/mol. The first kappa shape index (κ1) is 15.8. The molecular formula is C14H20ClNO3. The fourth-order valence-electron chi connectivity index (χ4n) is 1.88. The summed E-state index contributed by atoms with van der Waals surface area (Å²) < 4.78 is 0. The Labute approximate surface area is 118 Å². The van der Waals surface area contributed by atoms with Crippen LogP contribution in [-0.2, 0) is 4.79 Å². The van der Waals surface area contributed by atoms with Gasteiger partial charge in [-0.1, -0.05) is 24.4 Å². The van der Waals surface area contributed by atoms with Crippen molar-refractivity contribution >= 4 is 23.3 Å². The van der Waals surface area contributed by atoms with Crippen molar-refractivity contribution in [3.05, 3.63) is 29.3 Å². The van der Waals surface area contributed by atoms with Gasteiger partial charge in [0.25, 0.3) is 0 Å². The van der Waals surface area contributed by atoms with Crippen molar-refractivity contribution in [3.8, 4) is 0 Å². The van der Waals surface area contributed by atoms with Crippen LogP contribution in [0.15, 0.2) is 24.3 Å². The van der Waals surface area contributed by atoms with Crippen LogP contribution in [0.25, 0.3) is 0 Å². The molecule has 0 heterocycles. The Bertz CT molecular complexity index is 381. The van der Waals surface area contributed by atoms with Crippen LogP contribution in [-0.4, -0.2) is 35.9 Å². The number of carboxylic acids is 1. The summed E-state index contributed by atoms with van der Waals surface area (Å²) in [7, 11) is 0. The normalized spacial score (nSPS) is 10.4. The SMILES string of the molecule is O=C(O)CN(CCCCCCO)c1ccc(Cl)cc1. The number of aliphatic carboxylic acids is 1. The number of aliphatic hydroxyl groups excluding tert-OH is 1. The molecule has 0 atom stereocenters. The molecule has 0 saturated carbocycles. The molecule has 0 aliphatic heterocycles. The molecule has 106 valence electrons. The van der Waals surface area contributed by atoms with Gasteiger partial charge in [0.15, 0.2) is 0 Å². The van der Waals surface area contributed by atoms with Gasteiger partial charge in [-0.15, -0.1) is 0 Å². The van der Waals surface area contributed by atoms with Crippen molar-refractivity contribution in [3.63, 3.8) is 0 Å². The lowest BCUT2D eigenvalue weighted by Gasteiger charge is -2.22. The number of rotatable bonds is 9. The van der Waals surface area contributed by atoms with E-state index in [1.54, 1.807) is 12.1 Å². The smallest absolute Gasteiger partial charge is 0.323 e. The Kier molecular flexibility index (Phi) is 7.30. The van der Waals surface area contributed by atoms with E-state index in [2.05, 4.69) is 0 Å². The van der Waals surface area contributed by atoms with Crippen LogP contribution in [0.3, 0.4) is 0 Å². The van der Waals surface area contributed by atoms with Gasteiger partial charge < -0.3 is 15.1 Å². The standard InChI is InChI=1S/C14H20ClNO3/c15-12-5-7-13(8-6-12)16(11-14(18)19)9-3-1-2-4-10-17/h5-8,17H,1-4,9-11H2,(H,18,19). The summed E-state index contributed by atoms with van der Waals surface area (Å²) in [6, 6.07) is 7.19. The molecule has 5 heteroatoms. The topological polar surface area (TPSA) is 60.8 Å². The lowest BCUT2D eigenvalue weighted by atomic mass is 10.2. The van der Waals surface area contributed by atoms with Crippen LogP contribution in [0.5, 0.6) is 0 Å². The molecule has 0 aliphatic rings. The van der Waals surface area contributed by atoms with E-state index >= 15 is 0 Å². The second kappa shape index (κ2) is 8.77. The van der Waals surface area contributed by atoms with E-state index in [1.807, 2.05) is 17.0 Å². The number of aliphatic hydroxyl groups is 1. The van der Waals surface area contributed by atoms with Gasteiger partial charge in [-0.2, -0.15) is 0 Å². The number of carboxylic acid groups (broad SMARTS) is 1. The van der Waals surface area contributed by atoms with E-state index in [0.29, 0.717) is 11.6 Å². The van der Waals surface area contributed by atoms with E-state index in [-0.39, 0.29) is 13.2 Å². The molecule has 0 amide bonds. The number of carbonyl (C=O) groups is 1. The summed E-state index contributed by atoms with van der Waals surface area (Å²) in [5.74, 6) is -0.842. The van der Waals surface area contributed by atoms with Gasteiger partial charge in [0.05, 0.1) is 0 Å². The average Bonchev–Trinajstić information content (AvgIpc) is 2.38. The summed E-state index contributed by atoms with van der Waals surface area (Å²) in [5.41, 5.74) is 0.869. The van der Waals surface area contributed by atoms with Crippen molar-refractivity contribution in [2.75, 3.05) is 24.6 Å². The maximum Gasteiger partial charge on any atom is 0.323 e. The second-order valence-corrected chi connectivity index (χ2v) is 4.87. The molecular weight excluding hydrogens is 266 g/mol. The van der Waals surface area contributed by atoms with E-state index in [9.17, 15) is 4.79 Å². The highest BCUT2D eigenvalue weighted by Gasteiger charge is 2.10. The monoisotopic (exact) mass is 285 g/mol. The highest BCUT2D eigenvalue weighted by molar-refractivity contribution is 6.30. The third kappa shape index (κ3) is 6.45. The number of nitrogens with zero attached hydrogens (tertiary/aromatic N) is 1. The van der Waals surface area contributed by atoms with Crippen LogP contribution in [0, 0.1) is 0 Å². The zero-order valence-corrected chi connectivity index (χ0v) is 11.6. The van der Waals surface area contributed by atoms with Crippen LogP contribution in [0.2, 0.25) is 5.02 Å². The largest absolute Gasteiger partial charge is 0.480 e. The summed E-state index contributed by atoms with van der Waals surface area (Å²) in [4.78, 5) is 12.7. The first-order chi connectivity index (χ1) is 9.13. The second-order valence-electron chi connectivity index (χ2n) is 4.43. The Hall–Kier alpha value is -1.26. The number of hydrogen-bond donors (Lipinski definition) is 2. The fourth-order valence-corrected chi connectivity index (χ4v) is 2.01. The first-order valence-corrected chi connectivity index (χ1v) is 6.84. The molecule has 1 aromatic carbocycles. The lowest BCUT2D eigenvalue weighted by molar-refractivity contribution is -0.135. The van der Waals surface area contributed by atoms with E-state index < -0.39 is 5.97 Å². The number of unbranched alkanes of at least 4 members (excludes halogenated alkanes) is 3. The Morgan fingerprint density at radius 2 is 1.74 bits per heavy atom. The molecule has 0 bridgehead atoms.